The highest BCUT2D eigenvalue weighted by atomic mass is 19.3. The number of aliphatic hydroxyl groups is 1. The summed E-state index contributed by atoms with van der Waals surface area (Å²) in [7, 11) is 0. The fourth-order valence-electron chi connectivity index (χ4n) is 2.32. The van der Waals surface area contributed by atoms with E-state index in [-0.39, 0.29) is 18.7 Å². The maximum atomic E-state index is 13.3. The molecule has 2 aromatic carbocycles. The summed E-state index contributed by atoms with van der Waals surface area (Å²) in [5.41, 5.74) is 2.07. The van der Waals surface area contributed by atoms with Crippen LogP contribution in [-0.4, -0.2) is 31.9 Å². The minimum Gasteiger partial charge on any atom is -0.394 e. The fraction of sp³-hybridized carbons (Fsp3) is 0.235. The quantitative estimate of drug-likeness (QED) is 0.718. The van der Waals surface area contributed by atoms with Gasteiger partial charge in [-0.25, -0.2) is 8.78 Å². The zero-order valence-corrected chi connectivity index (χ0v) is 13.5. The number of rotatable bonds is 6. The van der Waals surface area contributed by atoms with Gasteiger partial charge in [0.15, 0.2) is 0 Å². The number of benzene rings is 2. The Morgan fingerprint density at radius 3 is 2.52 bits per heavy atom. The van der Waals surface area contributed by atoms with Gasteiger partial charge in [0.05, 0.1) is 13.2 Å². The second-order valence-corrected chi connectivity index (χ2v) is 5.57. The summed E-state index contributed by atoms with van der Waals surface area (Å²) in [6.07, 6.45) is 0. The average molecular weight is 345 g/mol. The van der Waals surface area contributed by atoms with Gasteiger partial charge < -0.3 is 10.4 Å². The number of aliphatic hydroxyl groups excluding tert-OH is 1. The number of alkyl halides is 2. The third-order valence-electron chi connectivity index (χ3n) is 3.59. The van der Waals surface area contributed by atoms with Crippen molar-refractivity contribution in [3.63, 3.8) is 0 Å². The van der Waals surface area contributed by atoms with Crippen molar-refractivity contribution in [1.82, 2.24) is 20.2 Å². The minimum absolute atomic E-state index is 0.0417. The molecule has 0 aliphatic rings. The van der Waals surface area contributed by atoms with Gasteiger partial charge >= 0.3 is 0 Å². The monoisotopic (exact) mass is 345 g/mol. The first kappa shape index (κ1) is 17.0. The maximum Gasteiger partial charge on any atom is 0.270 e. The highest BCUT2D eigenvalue weighted by Gasteiger charge is 2.23. The molecule has 8 heteroatoms. The van der Waals surface area contributed by atoms with E-state index in [1.54, 1.807) is 12.1 Å². The first-order valence-corrected chi connectivity index (χ1v) is 7.71. The summed E-state index contributed by atoms with van der Waals surface area (Å²) in [4.78, 5) is 1.31. The van der Waals surface area contributed by atoms with Crippen molar-refractivity contribution in [2.24, 2.45) is 0 Å². The smallest absolute Gasteiger partial charge is 0.270 e. The van der Waals surface area contributed by atoms with Crippen LogP contribution in [-0.2, 0) is 12.5 Å². The molecule has 0 bridgehead atoms. The van der Waals surface area contributed by atoms with Crippen molar-refractivity contribution in [3.05, 3.63) is 54.1 Å². The molecule has 3 rings (SSSR count). The van der Waals surface area contributed by atoms with E-state index in [0.717, 1.165) is 18.2 Å². The number of anilines is 2. The largest absolute Gasteiger partial charge is 0.394 e. The summed E-state index contributed by atoms with van der Waals surface area (Å²) in [5.74, 6) is -2.46. The summed E-state index contributed by atoms with van der Waals surface area (Å²) >= 11 is 0. The van der Waals surface area contributed by atoms with E-state index < -0.39 is 5.92 Å². The van der Waals surface area contributed by atoms with E-state index in [0.29, 0.717) is 11.5 Å². The van der Waals surface area contributed by atoms with Gasteiger partial charge in [0.25, 0.3) is 5.92 Å². The molecule has 25 heavy (non-hydrogen) atoms. The average Bonchev–Trinajstić information content (AvgIpc) is 3.04. The molecule has 6 nitrogen and oxygen atoms in total. The van der Waals surface area contributed by atoms with E-state index in [1.807, 2.05) is 24.3 Å². The molecule has 0 amide bonds. The molecule has 0 radical (unpaired) electrons. The lowest BCUT2D eigenvalue weighted by atomic mass is 10.1. The molecule has 3 aromatic rings. The minimum atomic E-state index is -2.87. The predicted molar refractivity (Wildman–Crippen MR) is 89.6 cm³/mol. The zero-order valence-electron chi connectivity index (χ0n) is 13.5. The van der Waals surface area contributed by atoms with E-state index in [4.69, 9.17) is 5.11 Å². The molecule has 0 unspecified atom stereocenters. The van der Waals surface area contributed by atoms with Crippen LogP contribution in [0.1, 0.15) is 12.5 Å². The predicted octanol–water partition coefficient (Wildman–Crippen LogP) is 3.19. The second-order valence-electron chi connectivity index (χ2n) is 5.57. The molecular weight excluding hydrogens is 328 g/mol. The molecule has 0 aliphatic carbocycles. The normalized spacial score (nSPS) is 11.5. The number of tetrazole rings is 1. The number of halogens is 2. The Labute approximate surface area is 143 Å². The summed E-state index contributed by atoms with van der Waals surface area (Å²) in [5, 5.41) is 24.2. The Morgan fingerprint density at radius 2 is 1.84 bits per heavy atom. The third kappa shape index (κ3) is 3.97. The maximum absolute atomic E-state index is 13.3. The lowest BCUT2D eigenvalue weighted by Gasteiger charge is -2.13. The standard InChI is InChI=1S/C17H17F2N5O/c1-17(18,19)12-6-8-13(9-7-12)20-15-5-3-2-4-14(15)16-21-23-24(22-16)10-11-25/h2-9,20,25H,10-11H2,1H3. The Balaban J connectivity index is 1.85. The van der Waals surface area contributed by atoms with E-state index in [1.165, 1.54) is 16.9 Å². The second kappa shape index (κ2) is 6.94. The number of nitrogens with one attached hydrogen (secondary N) is 1. The van der Waals surface area contributed by atoms with Crippen molar-refractivity contribution < 1.29 is 13.9 Å². The van der Waals surface area contributed by atoms with Gasteiger partial charge in [0, 0.05) is 29.4 Å². The van der Waals surface area contributed by atoms with Crippen molar-refractivity contribution in [2.75, 3.05) is 11.9 Å². The van der Waals surface area contributed by atoms with Crippen LogP contribution in [0.3, 0.4) is 0 Å². The van der Waals surface area contributed by atoms with E-state index in [2.05, 4.69) is 20.7 Å². The van der Waals surface area contributed by atoms with Gasteiger partial charge in [0.2, 0.25) is 5.82 Å². The molecule has 1 aromatic heterocycles. The Morgan fingerprint density at radius 1 is 1.12 bits per heavy atom. The molecule has 2 N–H and O–H groups in total. The van der Waals surface area contributed by atoms with Gasteiger partial charge in [0.1, 0.15) is 0 Å². The van der Waals surface area contributed by atoms with Crippen LogP contribution in [0, 0.1) is 0 Å². The van der Waals surface area contributed by atoms with Gasteiger partial charge in [-0.15, -0.1) is 10.2 Å². The molecule has 0 saturated heterocycles. The summed E-state index contributed by atoms with van der Waals surface area (Å²) < 4.78 is 26.6. The van der Waals surface area contributed by atoms with Crippen molar-refractivity contribution in [1.29, 1.82) is 0 Å². The number of nitrogens with zero attached hydrogens (tertiary/aromatic N) is 4. The van der Waals surface area contributed by atoms with Crippen molar-refractivity contribution in [3.8, 4) is 11.4 Å². The number of aromatic nitrogens is 4. The SMILES string of the molecule is CC(F)(F)c1ccc(Nc2ccccc2-c2nnn(CCO)n2)cc1. The van der Waals surface area contributed by atoms with Crippen LogP contribution in [0.5, 0.6) is 0 Å². The first-order chi connectivity index (χ1) is 12.0. The number of hydrogen-bond donors (Lipinski definition) is 2. The van der Waals surface area contributed by atoms with Gasteiger partial charge in [-0.05, 0) is 29.5 Å². The van der Waals surface area contributed by atoms with Crippen LogP contribution in [0.4, 0.5) is 20.2 Å². The van der Waals surface area contributed by atoms with Crippen LogP contribution in [0.2, 0.25) is 0 Å². The van der Waals surface area contributed by atoms with Crippen LogP contribution >= 0.6 is 0 Å². The molecule has 0 spiro atoms. The van der Waals surface area contributed by atoms with Gasteiger partial charge in [-0.1, -0.05) is 24.3 Å². The first-order valence-electron chi connectivity index (χ1n) is 7.71. The summed E-state index contributed by atoms with van der Waals surface area (Å²) in [6.45, 7) is 1.05. The fourth-order valence-corrected chi connectivity index (χ4v) is 2.32. The van der Waals surface area contributed by atoms with Crippen LogP contribution < -0.4 is 5.32 Å². The van der Waals surface area contributed by atoms with Crippen molar-refractivity contribution >= 4 is 11.4 Å². The lowest BCUT2D eigenvalue weighted by Crippen LogP contribution is -2.06. The highest BCUT2D eigenvalue weighted by Crippen LogP contribution is 2.30. The Bertz CT molecular complexity index is 843. The van der Waals surface area contributed by atoms with Gasteiger partial charge in [-0.2, -0.15) is 4.80 Å². The van der Waals surface area contributed by atoms with E-state index in [9.17, 15) is 8.78 Å². The van der Waals surface area contributed by atoms with Crippen molar-refractivity contribution in [2.45, 2.75) is 19.4 Å². The zero-order chi connectivity index (χ0) is 17.9. The molecule has 0 fully saturated rings. The van der Waals surface area contributed by atoms with Crippen LogP contribution in [0.25, 0.3) is 11.4 Å². The van der Waals surface area contributed by atoms with Crippen LogP contribution in [0.15, 0.2) is 48.5 Å². The Kier molecular flexibility index (Phi) is 4.71. The topological polar surface area (TPSA) is 75.9 Å². The molecule has 1 heterocycles. The molecule has 0 saturated carbocycles. The molecule has 0 aliphatic heterocycles. The number of para-hydroxylation sites is 1. The molecular formula is C17H17F2N5O. The third-order valence-corrected chi connectivity index (χ3v) is 3.59. The Hall–Kier alpha value is -2.87. The molecule has 130 valence electrons. The number of hydrogen-bond acceptors (Lipinski definition) is 5. The van der Waals surface area contributed by atoms with E-state index >= 15 is 0 Å². The molecule has 0 atom stereocenters. The highest BCUT2D eigenvalue weighted by molar-refractivity contribution is 5.77. The summed E-state index contributed by atoms with van der Waals surface area (Å²) in [6, 6.07) is 13.3. The lowest BCUT2D eigenvalue weighted by molar-refractivity contribution is 0.0175. The van der Waals surface area contributed by atoms with Gasteiger partial charge in [-0.3, -0.25) is 0 Å².